The van der Waals surface area contributed by atoms with Crippen LogP contribution in [0, 0.1) is 22.9 Å². The molecular weight excluding hydrogens is 265 g/mol. The predicted molar refractivity (Wildman–Crippen MR) is 70.2 cm³/mol. The summed E-state index contributed by atoms with van der Waals surface area (Å²) in [5, 5.41) is 19.9. The van der Waals surface area contributed by atoms with Crippen molar-refractivity contribution in [2.24, 2.45) is 0 Å². The van der Waals surface area contributed by atoms with Crippen molar-refractivity contribution in [3.63, 3.8) is 0 Å². The standard InChI is InChI=1S/C14H10FNO4/c1-8-6-9(3-5-12(8)15)11-4-2-10(14(17)18)7-13(11)16(19)20/h2-7H,1H3,(H,17,18). The first-order chi connectivity index (χ1) is 9.40. The van der Waals surface area contributed by atoms with E-state index >= 15 is 0 Å². The van der Waals surface area contributed by atoms with Crippen LogP contribution < -0.4 is 0 Å². The van der Waals surface area contributed by atoms with Gasteiger partial charge in [0.05, 0.1) is 16.1 Å². The number of nitro groups is 1. The Morgan fingerprint density at radius 3 is 2.50 bits per heavy atom. The van der Waals surface area contributed by atoms with Crippen LogP contribution in [0.5, 0.6) is 0 Å². The first-order valence-corrected chi connectivity index (χ1v) is 5.68. The van der Waals surface area contributed by atoms with Crippen molar-refractivity contribution in [2.75, 3.05) is 0 Å². The molecule has 20 heavy (non-hydrogen) atoms. The maximum atomic E-state index is 13.2. The second-order valence-corrected chi connectivity index (χ2v) is 4.26. The Balaban J connectivity index is 2.63. The summed E-state index contributed by atoms with van der Waals surface area (Å²) in [6, 6.07) is 7.76. The van der Waals surface area contributed by atoms with Crippen LogP contribution in [-0.4, -0.2) is 16.0 Å². The number of benzene rings is 2. The van der Waals surface area contributed by atoms with E-state index in [1.807, 2.05) is 0 Å². The number of carboxylic acid groups (broad SMARTS) is 1. The van der Waals surface area contributed by atoms with Crippen LogP contribution in [-0.2, 0) is 0 Å². The van der Waals surface area contributed by atoms with Crippen molar-refractivity contribution in [1.82, 2.24) is 0 Å². The molecule has 0 aliphatic rings. The smallest absolute Gasteiger partial charge is 0.335 e. The first kappa shape index (κ1) is 13.7. The third-order valence-electron chi connectivity index (χ3n) is 2.91. The lowest BCUT2D eigenvalue weighted by Crippen LogP contribution is -2.00. The lowest BCUT2D eigenvalue weighted by atomic mass is 10.00. The largest absolute Gasteiger partial charge is 0.478 e. The molecule has 2 aromatic rings. The minimum Gasteiger partial charge on any atom is -0.478 e. The summed E-state index contributed by atoms with van der Waals surface area (Å²) >= 11 is 0. The molecule has 5 nitrogen and oxygen atoms in total. The quantitative estimate of drug-likeness (QED) is 0.687. The van der Waals surface area contributed by atoms with E-state index in [4.69, 9.17) is 5.11 Å². The summed E-state index contributed by atoms with van der Waals surface area (Å²) in [6.07, 6.45) is 0. The van der Waals surface area contributed by atoms with Gasteiger partial charge in [-0.3, -0.25) is 10.1 Å². The van der Waals surface area contributed by atoms with Gasteiger partial charge in [0.1, 0.15) is 5.82 Å². The number of carbonyl (C=O) groups is 1. The third kappa shape index (κ3) is 2.49. The van der Waals surface area contributed by atoms with Crippen LogP contribution in [0.2, 0.25) is 0 Å². The average molecular weight is 275 g/mol. The van der Waals surface area contributed by atoms with E-state index in [2.05, 4.69) is 0 Å². The molecule has 0 bridgehead atoms. The van der Waals surface area contributed by atoms with Gasteiger partial charge in [-0.15, -0.1) is 0 Å². The number of carboxylic acids is 1. The predicted octanol–water partition coefficient (Wildman–Crippen LogP) is 3.41. The van der Waals surface area contributed by atoms with Crippen LogP contribution >= 0.6 is 0 Å². The molecule has 0 amide bonds. The number of rotatable bonds is 3. The van der Waals surface area contributed by atoms with Crippen molar-refractivity contribution in [2.45, 2.75) is 6.92 Å². The van der Waals surface area contributed by atoms with Gasteiger partial charge in [0, 0.05) is 6.07 Å². The number of nitro benzene ring substituents is 1. The van der Waals surface area contributed by atoms with Gasteiger partial charge in [-0.1, -0.05) is 6.07 Å². The minimum atomic E-state index is -1.24. The Kier molecular flexibility index (Phi) is 3.47. The highest BCUT2D eigenvalue weighted by atomic mass is 19.1. The maximum Gasteiger partial charge on any atom is 0.335 e. The van der Waals surface area contributed by atoms with Crippen molar-refractivity contribution >= 4 is 11.7 Å². The molecule has 0 unspecified atom stereocenters. The Labute approximate surface area is 113 Å². The number of halogens is 1. The molecule has 0 fully saturated rings. The van der Waals surface area contributed by atoms with Gasteiger partial charge in [0.15, 0.2) is 0 Å². The zero-order valence-electron chi connectivity index (χ0n) is 10.5. The maximum absolute atomic E-state index is 13.2. The fourth-order valence-corrected chi connectivity index (χ4v) is 1.87. The van der Waals surface area contributed by atoms with E-state index in [0.717, 1.165) is 6.07 Å². The van der Waals surface area contributed by atoms with Gasteiger partial charge in [-0.05, 0) is 42.3 Å². The van der Waals surface area contributed by atoms with E-state index < -0.39 is 16.7 Å². The van der Waals surface area contributed by atoms with Crippen LogP contribution in [0.15, 0.2) is 36.4 Å². The van der Waals surface area contributed by atoms with E-state index in [-0.39, 0.29) is 16.8 Å². The molecule has 0 spiro atoms. The highest BCUT2D eigenvalue weighted by molar-refractivity contribution is 5.90. The van der Waals surface area contributed by atoms with Gasteiger partial charge < -0.3 is 5.11 Å². The summed E-state index contributed by atoms with van der Waals surface area (Å²) in [7, 11) is 0. The molecule has 0 saturated carbocycles. The Morgan fingerprint density at radius 2 is 1.95 bits per heavy atom. The summed E-state index contributed by atoms with van der Waals surface area (Å²) < 4.78 is 13.2. The molecule has 2 rings (SSSR count). The summed E-state index contributed by atoms with van der Waals surface area (Å²) in [4.78, 5) is 21.3. The molecule has 0 radical (unpaired) electrons. The summed E-state index contributed by atoms with van der Waals surface area (Å²) in [5.41, 5.74) is 0.588. The molecular formula is C14H10FNO4. The number of hydrogen-bond acceptors (Lipinski definition) is 3. The van der Waals surface area contributed by atoms with Crippen molar-refractivity contribution in [3.8, 4) is 11.1 Å². The fraction of sp³-hybridized carbons (Fsp3) is 0.0714. The molecule has 2 aromatic carbocycles. The van der Waals surface area contributed by atoms with Gasteiger partial charge in [-0.25, -0.2) is 9.18 Å². The van der Waals surface area contributed by atoms with Gasteiger partial charge >= 0.3 is 5.97 Å². The summed E-state index contributed by atoms with van der Waals surface area (Å²) in [5.74, 6) is -1.64. The highest BCUT2D eigenvalue weighted by Crippen LogP contribution is 2.31. The number of nitrogens with zero attached hydrogens (tertiary/aromatic N) is 1. The van der Waals surface area contributed by atoms with Gasteiger partial charge in [0.25, 0.3) is 5.69 Å². The fourth-order valence-electron chi connectivity index (χ4n) is 1.87. The second kappa shape index (κ2) is 5.08. The minimum absolute atomic E-state index is 0.167. The van der Waals surface area contributed by atoms with E-state index in [9.17, 15) is 19.3 Å². The number of hydrogen-bond donors (Lipinski definition) is 1. The Morgan fingerprint density at radius 1 is 1.25 bits per heavy atom. The zero-order chi connectivity index (χ0) is 14.9. The van der Waals surface area contributed by atoms with E-state index in [1.165, 1.54) is 30.3 Å². The molecule has 0 aliphatic heterocycles. The second-order valence-electron chi connectivity index (χ2n) is 4.26. The van der Waals surface area contributed by atoms with Gasteiger partial charge in [0.2, 0.25) is 0 Å². The number of aromatic carboxylic acids is 1. The van der Waals surface area contributed by atoms with Gasteiger partial charge in [-0.2, -0.15) is 0 Å². The van der Waals surface area contributed by atoms with E-state index in [1.54, 1.807) is 6.92 Å². The zero-order valence-corrected chi connectivity index (χ0v) is 10.5. The monoisotopic (exact) mass is 275 g/mol. The summed E-state index contributed by atoms with van der Waals surface area (Å²) in [6.45, 7) is 1.55. The Bertz CT molecular complexity index is 712. The third-order valence-corrected chi connectivity index (χ3v) is 2.91. The van der Waals surface area contributed by atoms with Crippen LogP contribution in [0.25, 0.3) is 11.1 Å². The lowest BCUT2D eigenvalue weighted by molar-refractivity contribution is -0.384. The number of aryl methyl sites for hydroxylation is 1. The first-order valence-electron chi connectivity index (χ1n) is 5.68. The Hall–Kier alpha value is -2.76. The van der Waals surface area contributed by atoms with Crippen molar-refractivity contribution in [1.29, 1.82) is 0 Å². The lowest BCUT2D eigenvalue weighted by Gasteiger charge is -2.06. The molecule has 0 aromatic heterocycles. The molecule has 0 saturated heterocycles. The molecule has 6 heteroatoms. The van der Waals surface area contributed by atoms with Crippen LogP contribution in [0.3, 0.4) is 0 Å². The molecule has 102 valence electrons. The average Bonchev–Trinajstić information content (AvgIpc) is 2.41. The van der Waals surface area contributed by atoms with Crippen molar-refractivity contribution in [3.05, 3.63) is 63.5 Å². The van der Waals surface area contributed by atoms with Crippen molar-refractivity contribution < 1.29 is 19.2 Å². The molecule has 1 N–H and O–H groups in total. The molecule has 0 aliphatic carbocycles. The topological polar surface area (TPSA) is 80.4 Å². The van der Waals surface area contributed by atoms with Crippen LogP contribution in [0.4, 0.5) is 10.1 Å². The molecule has 0 heterocycles. The molecule has 0 atom stereocenters. The normalized spacial score (nSPS) is 10.3. The SMILES string of the molecule is Cc1cc(-c2ccc(C(=O)O)cc2[N+](=O)[O-])ccc1F. The highest BCUT2D eigenvalue weighted by Gasteiger charge is 2.18. The van der Waals surface area contributed by atoms with Crippen LogP contribution in [0.1, 0.15) is 15.9 Å². The van der Waals surface area contributed by atoms with E-state index in [0.29, 0.717) is 11.1 Å².